The monoisotopic (exact) mass is 313 g/mol. The van der Waals surface area contributed by atoms with Gasteiger partial charge in [-0.3, -0.25) is 5.10 Å². The maximum absolute atomic E-state index is 12.4. The summed E-state index contributed by atoms with van der Waals surface area (Å²) in [6.07, 6.45) is 1.52. The fourth-order valence-corrected chi connectivity index (χ4v) is 3.23. The van der Waals surface area contributed by atoms with Crippen molar-refractivity contribution in [3.05, 3.63) is 23.5 Å². The molecule has 21 heavy (non-hydrogen) atoms. The maximum atomic E-state index is 12.4. The largest absolute Gasteiger partial charge is 0.320 e. The van der Waals surface area contributed by atoms with Crippen LogP contribution in [0.5, 0.6) is 0 Å². The maximum Gasteiger partial charge on any atom is 0.244 e. The average molecular weight is 313 g/mol. The third kappa shape index (κ3) is 3.46. The molecule has 2 aromatic heterocycles. The molecule has 0 amide bonds. The minimum atomic E-state index is -3.67. The topological polar surface area (TPSA) is 118 Å². The zero-order valence-corrected chi connectivity index (χ0v) is 13.0. The fraction of sp³-hybridized carbons (Fsp3) is 0.545. The standard InChI is InChI=1S/C11H19N7O2S/c1-4-12-5-9-11(8(2)15-16-9)21(19,20)14-6-10-17-13-7-18(10)3/h7,12,14H,4-6H2,1-3H3,(H,15,16). The van der Waals surface area contributed by atoms with Gasteiger partial charge in [-0.05, 0) is 13.5 Å². The molecule has 2 heterocycles. The van der Waals surface area contributed by atoms with Crippen LogP contribution in [0.25, 0.3) is 0 Å². The summed E-state index contributed by atoms with van der Waals surface area (Å²) in [5.74, 6) is 0.535. The molecule has 0 bridgehead atoms. The zero-order valence-electron chi connectivity index (χ0n) is 12.2. The average Bonchev–Trinajstić information content (AvgIpc) is 3.00. The molecule has 0 aromatic carbocycles. The Morgan fingerprint density at radius 1 is 1.38 bits per heavy atom. The molecule has 0 aliphatic rings. The molecule has 116 valence electrons. The van der Waals surface area contributed by atoms with E-state index in [-0.39, 0.29) is 11.4 Å². The third-order valence-corrected chi connectivity index (χ3v) is 4.60. The second kappa shape index (κ2) is 6.33. The minimum Gasteiger partial charge on any atom is -0.320 e. The first-order chi connectivity index (χ1) is 9.95. The van der Waals surface area contributed by atoms with Gasteiger partial charge in [0.25, 0.3) is 0 Å². The minimum absolute atomic E-state index is 0.0735. The highest BCUT2D eigenvalue weighted by atomic mass is 32.2. The first kappa shape index (κ1) is 15.6. The number of nitrogens with zero attached hydrogens (tertiary/aromatic N) is 4. The summed E-state index contributed by atoms with van der Waals surface area (Å²) in [5, 5.41) is 17.4. The third-order valence-electron chi connectivity index (χ3n) is 3.00. The number of aromatic amines is 1. The first-order valence-electron chi connectivity index (χ1n) is 6.52. The number of nitrogens with one attached hydrogen (secondary N) is 3. The molecule has 0 fully saturated rings. The summed E-state index contributed by atoms with van der Waals surface area (Å²) in [6.45, 7) is 4.82. The second-order valence-corrected chi connectivity index (χ2v) is 6.29. The zero-order chi connectivity index (χ0) is 15.5. The van der Waals surface area contributed by atoms with E-state index in [0.29, 0.717) is 23.8 Å². The van der Waals surface area contributed by atoms with Crippen molar-refractivity contribution < 1.29 is 8.42 Å². The lowest BCUT2D eigenvalue weighted by atomic mass is 10.3. The van der Waals surface area contributed by atoms with E-state index >= 15 is 0 Å². The van der Waals surface area contributed by atoms with Crippen molar-refractivity contribution in [2.24, 2.45) is 7.05 Å². The van der Waals surface area contributed by atoms with Gasteiger partial charge in [-0.2, -0.15) is 5.10 Å². The first-order valence-corrected chi connectivity index (χ1v) is 8.01. The number of aromatic nitrogens is 5. The van der Waals surface area contributed by atoms with Crippen molar-refractivity contribution in [2.45, 2.75) is 31.8 Å². The van der Waals surface area contributed by atoms with E-state index in [0.717, 1.165) is 6.54 Å². The Morgan fingerprint density at radius 3 is 2.76 bits per heavy atom. The number of hydrogen-bond donors (Lipinski definition) is 3. The van der Waals surface area contributed by atoms with Gasteiger partial charge in [0.1, 0.15) is 17.0 Å². The van der Waals surface area contributed by atoms with Crippen molar-refractivity contribution >= 4 is 10.0 Å². The van der Waals surface area contributed by atoms with E-state index in [9.17, 15) is 8.42 Å². The van der Waals surface area contributed by atoms with E-state index in [4.69, 9.17) is 0 Å². The van der Waals surface area contributed by atoms with Gasteiger partial charge in [-0.25, -0.2) is 13.1 Å². The van der Waals surface area contributed by atoms with Gasteiger partial charge in [0, 0.05) is 13.6 Å². The molecular formula is C11H19N7O2S. The molecule has 0 radical (unpaired) electrons. The summed E-state index contributed by atoms with van der Waals surface area (Å²) in [6, 6.07) is 0. The molecule has 9 nitrogen and oxygen atoms in total. The van der Waals surface area contributed by atoms with Crippen LogP contribution in [0.3, 0.4) is 0 Å². The van der Waals surface area contributed by atoms with Gasteiger partial charge >= 0.3 is 0 Å². The molecule has 2 aromatic rings. The molecule has 2 rings (SSSR count). The van der Waals surface area contributed by atoms with Crippen LogP contribution in [0.1, 0.15) is 24.1 Å². The molecule has 0 spiro atoms. The Bertz CT molecular complexity index is 704. The van der Waals surface area contributed by atoms with Crippen LogP contribution >= 0.6 is 0 Å². The van der Waals surface area contributed by atoms with Gasteiger partial charge < -0.3 is 9.88 Å². The fourth-order valence-electron chi connectivity index (χ4n) is 1.89. The number of sulfonamides is 1. The van der Waals surface area contributed by atoms with Crippen LogP contribution in [-0.2, 0) is 30.2 Å². The Labute approximate surface area is 123 Å². The number of hydrogen-bond acceptors (Lipinski definition) is 6. The van der Waals surface area contributed by atoms with Crippen molar-refractivity contribution in [3.8, 4) is 0 Å². The lowest BCUT2D eigenvalue weighted by Crippen LogP contribution is -2.26. The lowest BCUT2D eigenvalue weighted by Gasteiger charge is -2.08. The van der Waals surface area contributed by atoms with E-state index < -0.39 is 10.0 Å². The van der Waals surface area contributed by atoms with Crippen molar-refractivity contribution in [2.75, 3.05) is 6.54 Å². The second-order valence-electron chi connectivity index (χ2n) is 4.59. The smallest absolute Gasteiger partial charge is 0.244 e. The van der Waals surface area contributed by atoms with Gasteiger partial charge in [-0.1, -0.05) is 6.92 Å². The Hall–Kier alpha value is -1.78. The van der Waals surface area contributed by atoms with Gasteiger partial charge in [0.05, 0.1) is 17.9 Å². The van der Waals surface area contributed by atoms with Crippen LogP contribution in [-0.4, -0.2) is 39.9 Å². The summed E-state index contributed by atoms with van der Waals surface area (Å²) in [4.78, 5) is 0.186. The molecule has 0 saturated heterocycles. The van der Waals surface area contributed by atoms with Crippen LogP contribution < -0.4 is 10.0 Å². The van der Waals surface area contributed by atoms with Gasteiger partial charge in [-0.15, -0.1) is 10.2 Å². The predicted molar refractivity (Wildman–Crippen MR) is 75.7 cm³/mol. The van der Waals surface area contributed by atoms with E-state index in [1.54, 1.807) is 18.5 Å². The quantitative estimate of drug-likeness (QED) is 0.630. The normalized spacial score (nSPS) is 12.0. The number of aryl methyl sites for hydroxylation is 2. The number of rotatable bonds is 7. The van der Waals surface area contributed by atoms with Crippen LogP contribution in [0, 0.1) is 6.92 Å². The molecular weight excluding hydrogens is 294 g/mol. The Morgan fingerprint density at radius 2 is 2.14 bits per heavy atom. The summed E-state index contributed by atoms with van der Waals surface area (Å²) in [7, 11) is -1.91. The molecule has 0 unspecified atom stereocenters. The molecule has 0 aliphatic carbocycles. The highest BCUT2D eigenvalue weighted by molar-refractivity contribution is 7.89. The van der Waals surface area contributed by atoms with Crippen molar-refractivity contribution in [3.63, 3.8) is 0 Å². The van der Waals surface area contributed by atoms with Crippen LogP contribution in [0.2, 0.25) is 0 Å². The molecule has 0 aliphatic heterocycles. The van der Waals surface area contributed by atoms with E-state index in [2.05, 4.69) is 30.4 Å². The Balaban J connectivity index is 2.19. The summed E-state index contributed by atoms with van der Waals surface area (Å²) >= 11 is 0. The predicted octanol–water partition coefficient (Wildman–Crippen LogP) is -0.565. The molecule has 3 N–H and O–H groups in total. The summed E-state index contributed by atoms with van der Waals surface area (Å²) in [5.41, 5.74) is 0.980. The van der Waals surface area contributed by atoms with E-state index in [1.807, 2.05) is 6.92 Å². The SMILES string of the molecule is CCNCc1n[nH]c(C)c1S(=O)(=O)NCc1nncn1C. The van der Waals surface area contributed by atoms with Gasteiger partial charge in [0.15, 0.2) is 0 Å². The van der Waals surface area contributed by atoms with Crippen molar-refractivity contribution in [1.29, 1.82) is 0 Å². The molecule has 0 saturated carbocycles. The highest BCUT2D eigenvalue weighted by Crippen LogP contribution is 2.17. The number of H-pyrrole nitrogens is 1. The summed E-state index contributed by atoms with van der Waals surface area (Å²) < 4.78 is 29.1. The lowest BCUT2D eigenvalue weighted by molar-refractivity contribution is 0.574. The van der Waals surface area contributed by atoms with Crippen LogP contribution in [0.15, 0.2) is 11.2 Å². The Kier molecular flexibility index (Phi) is 4.70. The van der Waals surface area contributed by atoms with Gasteiger partial charge in [0.2, 0.25) is 10.0 Å². The highest BCUT2D eigenvalue weighted by Gasteiger charge is 2.24. The van der Waals surface area contributed by atoms with E-state index in [1.165, 1.54) is 6.33 Å². The van der Waals surface area contributed by atoms with Crippen LogP contribution in [0.4, 0.5) is 0 Å². The molecule has 0 atom stereocenters. The van der Waals surface area contributed by atoms with Crippen molar-refractivity contribution in [1.82, 2.24) is 35.0 Å². The molecule has 10 heteroatoms.